The van der Waals surface area contributed by atoms with Gasteiger partial charge in [0.05, 0.1) is 97.5 Å². The number of aliphatic hydroxyl groups is 6. The molecule has 0 amide bonds. The molecule has 14 N–H and O–H groups in total. The first-order valence-electron chi connectivity index (χ1n) is 45.3. The lowest BCUT2D eigenvalue weighted by Crippen LogP contribution is -2.49. The summed E-state index contributed by atoms with van der Waals surface area (Å²) in [6.45, 7) is 30.3. The van der Waals surface area contributed by atoms with Crippen molar-refractivity contribution in [1.82, 2.24) is 78.1 Å². The number of hydrogen-bond acceptors (Lipinski definition) is 35. The maximum atomic E-state index is 13.3. The molecule has 42 heteroatoms. The first kappa shape index (κ1) is 104. The Morgan fingerprint density at radius 3 is 1.05 bits per heavy atom. The molecule has 732 valence electrons. The van der Waals surface area contributed by atoms with Crippen LogP contribution in [0.25, 0.3) is 44.7 Å². The smallest absolute Gasteiger partial charge is 0.340 e. The molecule has 4 aromatic carbocycles. The Morgan fingerprint density at radius 1 is 0.400 bits per heavy atom. The molecule has 0 bridgehead atoms. The van der Waals surface area contributed by atoms with Crippen molar-refractivity contribution >= 4 is 117 Å². The highest BCUT2D eigenvalue weighted by molar-refractivity contribution is 6.84. The molecule has 5 saturated heterocycles. The lowest BCUT2D eigenvalue weighted by atomic mass is 9.85. The van der Waals surface area contributed by atoms with Crippen molar-refractivity contribution in [3.8, 4) is 59.1 Å². The second-order valence-electron chi connectivity index (χ2n) is 37.2. The van der Waals surface area contributed by atoms with Crippen LogP contribution < -0.4 is 22.9 Å². The summed E-state index contributed by atoms with van der Waals surface area (Å²) in [7, 11) is -5.48. The van der Waals surface area contributed by atoms with Crippen LogP contribution in [0.2, 0.25) is 58.9 Å². The first-order valence-corrected chi connectivity index (χ1v) is 55.8. The van der Waals surface area contributed by atoms with Gasteiger partial charge >= 0.3 is 23.9 Å². The third kappa shape index (κ3) is 21.8. The van der Waals surface area contributed by atoms with Gasteiger partial charge in [-0.15, -0.1) is 29.5 Å². The molecule has 5 fully saturated rings. The molecule has 5 aliphatic heterocycles. The summed E-state index contributed by atoms with van der Waals surface area (Å²) >= 11 is 0. The molecular weight excluding hydrogens is 1850 g/mol. The fraction of sp³-hybridized carbons (Fsp3) is 0.408. The van der Waals surface area contributed by atoms with Gasteiger partial charge in [-0.25, -0.2) is 59.0 Å². The maximum Gasteiger partial charge on any atom is 0.340 e. The molecule has 0 spiro atoms. The van der Waals surface area contributed by atoms with Gasteiger partial charge in [0.2, 0.25) is 40.6 Å². The molecule has 12 aromatic rings. The van der Waals surface area contributed by atoms with E-state index in [1.807, 2.05) is 71.0 Å². The van der Waals surface area contributed by atoms with E-state index in [9.17, 15) is 49.8 Å². The number of terminal acetylenes is 2. The van der Waals surface area contributed by atoms with Crippen molar-refractivity contribution in [2.45, 2.75) is 222 Å². The van der Waals surface area contributed by atoms with Crippen molar-refractivity contribution in [2.75, 3.05) is 36.1 Å². The van der Waals surface area contributed by atoms with Gasteiger partial charge in [-0.2, -0.15) is 19.9 Å². The highest BCUT2D eigenvalue weighted by Gasteiger charge is 2.63. The SMILES string of the molecule is C#C[C@]1(O)C(n2cnc3cnc(N)nc32)O[C@H](CO)[C@H]1O.C#C[C@]1(O)C(n2cnc3nc(N)ncc32)O[C@H](CO)[C@H]1O.CC[C@H]1OC(OC(=O)c2ccccc2)[C@](C#C[Si](C)(C)C)(OC(=O)c2ccccc2)[C@@H]1C.CC[C@H]1OC(n2cnc3cnc(N)nc32)[C@](C#C[Si](C)(C)C)(OC(=O)c2ccccc2)[C@@H]1C.CC[C@H]1OC(n2cnc3nc(N)ncc32)[C@](C#C[Si](C)(C)C)(OC(=O)c2ccccc2)[C@@H]1C. The molecule has 0 saturated carbocycles. The fourth-order valence-corrected chi connectivity index (χ4v) is 18.1. The van der Waals surface area contributed by atoms with Crippen LogP contribution in [0.1, 0.15) is 127 Å². The van der Waals surface area contributed by atoms with Crippen LogP contribution >= 0.6 is 0 Å². The van der Waals surface area contributed by atoms with Gasteiger partial charge in [-0.1, -0.05) is 203 Å². The molecule has 20 atom stereocenters. The molecular formula is C98H114N20O19Si3. The number of esters is 4. The summed E-state index contributed by atoms with van der Waals surface area (Å²) < 4.78 is 60.8. The minimum absolute atomic E-state index is 0.0192. The van der Waals surface area contributed by atoms with E-state index in [0.717, 1.165) is 12.8 Å². The summed E-state index contributed by atoms with van der Waals surface area (Å²) in [5.41, 5.74) is 30.2. The van der Waals surface area contributed by atoms with Gasteiger partial charge < -0.3 is 96.2 Å². The average Bonchev–Trinajstić information content (AvgIpc) is 1.58. The molecule has 8 aromatic heterocycles. The maximum absolute atomic E-state index is 13.3. The second-order valence-corrected chi connectivity index (χ2v) is 51.4. The molecule has 39 nitrogen and oxygen atoms in total. The van der Waals surface area contributed by atoms with Crippen LogP contribution in [0.3, 0.4) is 0 Å². The van der Waals surface area contributed by atoms with E-state index in [1.54, 1.807) is 119 Å². The lowest BCUT2D eigenvalue weighted by molar-refractivity contribution is -0.156. The Morgan fingerprint density at radius 2 is 0.693 bits per heavy atom. The number of anilines is 4. The van der Waals surface area contributed by atoms with Crippen LogP contribution in [0, 0.1) is 76.8 Å². The van der Waals surface area contributed by atoms with Crippen molar-refractivity contribution < 1.29 is 92.4 Å². The minimum atomic E-state index is -2.03. The number of aromatic nitrogens is 16. The van der Waals surface area contributed by atoms with E-state index in [1.165, 1.54) is 34.2 Å². The highest BCUT2D eigenvalue weighted by atomic mass is 28.3. The molecule has 13 heterocycles. The van der Waals surface area contributed by atoms with E-state index in [-0.39, 0.29) is 59.9 Å². The number of hydrogen-bond donors (Lipinski definition) is 10. The van der Waals surface area contributed by atoms with Gasteiger partial charge in [0.1, 0.15) is 77.0 Å². The quantitative estimate of drug-likeness (QED) is 0.0176. The Bertz CT molecular complexity index is 6760. The summed E-state index contributed by atoms with van der Waals surface area (Å²) in [6, 6.07) is 35.3. The number of ether oxygens (including phenoxy) is 9. The number of rotatable bonds is 17. The van der Waals surface area contributed by atoms with E-state index < -0.39 is 145 Å². The van der Waals surface area contributed by atoms with Crippen LogP contribution in [0.5, 0.6) is 0 Å². The Balaban J connectivity index is 0.000000149. The summed E-state index contributed by atoms with van der Waals surface area (Å²) in [4.78, 5) is 102. The molecule has 0 aliphatic carbocycles. The average molecular weight is 1960 g/mol. The topological polar surface area (TPSA) is 551 Å². The molecule has 140 heavy (non-hydrogen) atoms. The molecule has 0 radical (unpaired) electrons. The fourth-order valence-electron chi connectivity index (χ4n) is 16.4. The number of imidazole rings is 4. The van der Waals surface area contributed by atoms with Gasteiger partial charge in [0.25, 0.3) is 6.29 Å². The van der Waals surface area contributed by atoms with Crippen molar-refractivity contribution in [3.05, 3.63) is 194 Å². The highest BCUT2D eigenvalue weighted by Crippen LogP contribution is 2.51. The predicted octanol–water partition coefficient (Wildman–Crippen LogP) is 8.80. The van der Waals surface area contributed by atoms with Gasteiger partial charge in [-0.3, -0.25) is 18.3 Å². The number of benzene rings is 4. The number of aliphatic hydroxyl groups excluding tert-OH is 4. The summed E-state index contributed by atoms with van der Waals surface area (Å²) in [6.07, 6.45) is 14.3. The zero-order valence-electron chi connectivity index (χ0n) is 80.0. The molecule has 17 rings (SSSR count). The van der Waals surface area contributed by atoms with E-state index in [0.29, 0.717) is 73.3 Å². The summed E-state index contributed by atoms with van der Waals surface area (Å²) in [5, 5.41) is 59.4. The number of nitrogen functional groups attached to an aromatic ring is 4. The van der Waals surface area contributed by atoms with Crippen molar-refractivity contribution in [3.63, 3.8) is 0 Å². The number of nitrogens with zero attached hydrogens (tertiary/aromatic N) is 16. The normalized spacial score (nSPS) is 27.1. The van der Waals surface area contributed by atoms with Gasteiger partial charge in [0, 0.05) is 17.8 Å². The van der Waals surface area contributed by atoms with Crippen LogP contribution in [0.15, 0.2) is 171 Å². The van der Waals surface area contributed by atoms with Crippen molar-refractivity contribution in [2.24, 2.45) is 17.8 Å². The number of carbonyl (C=O) groups excluding carboxylic acids is 4. The van der Waals surface area contributed by atoms with Gasteiger partial charge in [-0.05, 0) is 67.8 Å². The zero-order chi connectivity index (χ0) is 101. The molecule has 5 aliphatic rings. The van der Waals surface area contributed by atoms with Crippen LogP contribution in [-0.4, -0.2) is 247 Å². The standard InChI is InChI=1S/C26H30O5Si.2C24H29N5O3Si.2C12H13N5O4/c1-6-22-19(2)26(17-18-32(3,4)5,31-24(28)21-15-11-8-12-16-21)25(29-22)30-23(27)20-13-9-7-10-14-20;1-6-19-16(2)24(12-13-33(3,4)5,32-21(30)17-10-8-7-9-11-17)22(31-19)29-15-27-20-18(29)14-26-23(25)28-20;1-6-19-16(2)24(12-13-33(3,4)5,32-21(30)17-10-8-7-9-11-17)22(31-19)29-15-27-18-14-26-23(25)28-20(18)29;1-2-12(20)8(19)7(4-18)21-10(12)17-5-15-9-6(17)3-14-11(13)16-9;1-2-12(20)8(19)7(4-18)21-10(12)17-5-15-6-3-14-11(13)16-9(6)17/h7-16,19,22,25H,6H2,1-5H3;2*7-11,14-16,19,22H,6H2,1-5H3,(H2,25,26,28);2*1,3,5,7-8,10,18-20H,4H2,(H2,13,14,16)/t19-,22-,25?,26-;2*16-,19-,22?,24-;2*7-,8-,10?,12-/m11111/s1. The minimum Gasteiger partial charge on any atom is -0.437 e. The number of carbonyl (C=O) groups is 4. The second kappa shape index (κ2) is 42.5. The van der Waals surface area contributed by atoms with Crippen molar-refractivity contribution in [1.29, 1.82) is 0 Å². The zero-order valence-corrected chi connectivity index (χ0v) is 83.0. The van der Waals surface area contributed by atoms with Crippen LogP contribution in [-0.2, 0) is 42.6 Å². The first-order chi connectivity index (χ1) is 66.5. The van der Waals surface area contributed by atoms with E-state index in [4.69, 9.17) is 78.4 Å². The Labute approximate surface area is 811 Å². The monoisotopic (exact) mass is 1960 g/mol. The predicted molar refractivity (Wildman–Crippen MR) is 524 cm³/mol. The lowest BCUT2D eigenvalue weighted by Gasteiger charge is -2.33. The molecule has 5 unspecified atom stereocenters. The van der Waals surface area contributed by atoms with E-state index >= 15 is 0 Å². The van der Waals surface area contributed by atoms with E-state index in [2.05, 4.69) is 172 Å². The third-order valence-electron chi connectivity index (χ3n) is 24.0. The van der Waals surface area contributed by atoms with Gasteiger partial charge in [0.15, 0.2) is 58.7 Å². The third-order valence-corrected chi connectivity index (χ3v) is 26.6. The number of nitrogens with two attached hydrogens (primary N) is 4. The Hall–Kier alpha value is -13.8. The van der Waals surface area contributed by atoms with Crippen LogP contribution in [0.4, 0.5) is 23.8 Å². The summed E-state index contributed by atoms with van der Waals surface area (Å²) in [5.74, 6) is 12.0. The largest absolute Gasteiger partial charge is 0.437 e. The number of fused-ring (bicyclic) bond motifs is 4. The Kier molecular flexibility index (Phi) is 31.4.